The second-order valence-corrected chi connectivity index (χ2v) is 8.42. The second-order valence-electron chi connectivity index (χ2n) is 8.42. The molecule has 3 heterocycles. The molecule has 3 aromatic rings. The molecule has 2 aromatic carbocycles. The molecule has 0 spiro atoms. The number of hydrogen-bond donors (Lipinski definition) is 1. The molecular weight excluding hydrogens is 418 g/mol. The van der Waals surface area contributed by atoms with Gasteiger partial charge in [-0.25, -0.2) is 0 Å². The molecule has 1 atom stereocenters. The van der Waals surface area contributed by atoms with E-state index >= 15 is 0 Å². The van der Waals surface area contributed by atoms with Gasteiger partial charge in [-0.3, -0.25) is 24.2 Å². The molecule has 0 saturated carbocycles. The van der Waals surface area contributed by atoms with Crippen LogP contribution < -0.4 is 5.32 Å². The quantitative estimate of drug-likeness (QED) is 0.564. The Kier molecular flexibility index (Phi) is 5.79. The molecule has 1 saturated heterocycles. The number of nitrogens with zero attached hydrogens (tertiary/aromatic N) is 2. The standard InChI is InChI=1S/C26H25N3O4/c30-24(27-16-22(23-8-5-15-33-23)28-13-3-4-14-28)19-11-9-18(10-12-19)17-29-25(31)20-6-1-2-7-21(20)26(29)32/h1-2,5-12,15,22H,3-4,13-14,16-17H2,(H,27,30). The van der Waals surface area contributed by atoms with Crippen LogP contribution in [0.1, 0.15) is 61.3 Å². The molecule has 1 fully saturated rings. The molecule has 7 heteroatoms. The highest BCUT2D eigenvalue weighted by atomic mass is 16.3. The maximum atomic E-state index is 12.8. The Morgan fingerprint density at radius 3 is 2.18 bits per heavy atom. The summed E-state index contributed by atoms with van der Waals surface area (Å²) in [7, 11) is 0. The monoisotopic (exact) mass is 443 g/mol. The van der Waals surface area contributed by atoms with Crippen LogP contribution in [0, 0.1) is 0 Å². The van der Waals surface area contributed by atoms with Crippen molar-refractivity contribution >= 4 is 17.7 Å². The van der Waals surface area contributed by atoms with Crippen LogP contribution in [-0.2, 0) is 6.54 Å². The van der Waals surface area contributed by atoms with Crippen LogP contribution in [-0.4, -0.2) is 47.2 Å². The molecule has 0 aliphatic carbocycles. The van der Waals surface area contributed by atoms with Gasteiger partial charge in [0.1, 0.15) is 5.76 Å². The number of carbonyl (C=O) groups is 3. The molecule has 168 valence electrons. The van der Waals surface area contributed by atoms with Crippen LogP contribution >= 0.6 is 0 Å². The molecule has 1 N–H and O–H groups in total. The van der Waals surface area contributed by atoms with Gasteiger partial charge < -0.3 is 9.73 Å². The fourth-order valence-corrected chi connectivity index (χ4v) is 4.56. The number of likely N-dealkylation sites (tertiary alicyclic amines) is 1. The highest BCUT2D eigenvalue weighted by Crippen LogP contribution is 2.26. The number of carbonyl (C=O) groups excluding carboxylic acids is 3. The lowest BCUT2D eigenvalue weighted by atomic mass is 10.1. The van der Waals surface area contributed by atoms with Gasteiger partial charge in [0.15, 0.2) is 0 Å². The van der Waals surface area contributed by atoms with Gasteiger partial charge in [0.2, 0.25) is 0 Å². The third kappa shape index (κ3) is 4.19. The van der Waals surface area contributed by atoms with Gasteiger partial charge in [-0.15, -0.1) is 0 Å². The molecule has 33 heavy (non-hydrogen) atoms. The van der Waals surface area contributed by atoms with E-state index in [2.05, 4.69) is 10.2 Å². The van der Waals surface area contributed by atoms with E-state index in [4.69, 9.17) is 4.42 Å². The molecule has 0 radical (unpaired) electrons. The first-order valence-corrected chi connectivity index (χ1v) is 11.2. The Morgan fingerprint density at radius 2 is 1.58 bits per heavy atom. The van der Waals surface area contributed by atoms with Gasteiger partial charge in [-0.2, -0.15) is 0 Å². The lowest BCUT2D eigenvalue weighted by Gasteiger charge is -2.26. The second kappa shape index (κ2) is 9.03. The molecule has 1 unspecified atom stereocenters. The zero-order valence-corrected chi connectivity index (χ0v) is 18.2. The first-order valence-electron chi connectivity index (χ1n) is 11.2. The SMILES string of the molecule is O=C(NCC(c1ccco1)N1CCCC1)c1ccc(CN2C(=O)c3ccccc3C2=O)cc1. The number of fused-ring (bicyclic) bond motifs is 1. The molecule has 7 nitrogen and oxygen atoms in total. The number of amides is 3. The van der Waals surface area contributed by atoms with Crippen molar-refractivity contribution in [2.45, 2.75) is 25.4 Å². The van der Waals surface area contributed by atoms with Gasteiger partial charge in [0.05, 0.1) is 30.0 Å². The highest BCUT2D eigenvalue weighted by molar-refractivity contribution is 6.21. The first kappa shape index (κ1) is 21.2. The summed E-state index contributed by atoms with van der Waals surface area (Å²) in [6, 6.07) is 17.7. The van der Waals surface area contributed by atoms with Crippen LogP contribution in [0.5, 0.6) is 0 Å². The van der Waals surface area contributed by atoms with E-state index in [0.29, 0.717) is 23.2 Å². The summed E-state index contributed by atoms with van der Waals surface area (Å²) in [4.78, 5) is 41.5. The largest absolute Gasteiger partial charge is 0.468 e. The fraction of sp³-hybridized carbons (Fsp3) is 0.269. The Hall–Kier alpha value is -3.71. The molecule has 2 aliphatic heterocycles. The topological polar surface area (TPSA) is 82.9 Å². The van der Waals surface area contributed by atoms with E-state index in [-0.39, 0.29) is 30.3 Å². The van der Waals surface area contributed by atoms with Crippen molar-refractivity contribution in [2.24, 2.45) is 0 Å². The summed E-state index contributed by atoms with van der Waals surface area (Å²) in [5, 5.41) is 3.02. The summed E-state index contributed by atoms with van der Waals surface area (Å²) in [5.74, 6) is 0.109. The maximum absolute atomic E-state index is 12.8. The van der Waals surface area contributed by atoms with Gasteiger partial charge >= 0.3 is 0 Å². The lowest BCUT2D eigenvalue weighted by molar-refractivity contribution is 0.0641. The lowest BCUT2D eigenvalue weighted by Crippen LogP contribution is -2.36. The third-order valence-electron chi connectivity index (χ3n) is 6.34. The van der Waals surface area contributed by atoms with E-state index in [1.54, 1.807) is 54.8 Å². The minimum absolute atomic E-state index is 0.0135. The number of rotatable bonds is 7. The normalized spacial score (nSPS) is 16.8. The number of benzene rings is 2. The number of imide groups is 1. The molecule has 1 aromatic heterocycles. The molecule has 5 rings (SSSR count). The number of furan rings is 1. The average molecular weight is 444 g/mol. The summed E-state index contributed by atoms with van der Waals surface area (Å²) < 4.78 is 5.61. The van der Waals surface area contributed by atoms with Crippen LogP contribution in [0.3, 0.4) is 0 Å². The summed E-state index contributed by atoms with van der Waals surface area (Å²) >= 11 is 0. The van der Waals surface area contributed by atoms with Crippen molar-refractivity contribution in [1.29, 1.82) is 0 Å². The Bertz CT molecular complexity index is 1130. The van der Waals surface area contributed by atoms with E-state index in [0.717, 1.165) is 37.3 Å². The van der Waals surface area contributed by atoms with Crippen molar-refractivity contribution in [3.05, 3.63) is 94.9 Å². The summed E-state index contributed by atoms with van der Waals surface area (Å²) in [6.07, 6.45) is 3.97. The van der Waals surface area contributed by atoms with Gasteiger partial charge in [0.25, 0.3) is 17.7 Å². The van der Waals surface area contributed by atoms with E-state index in [1.807, 2.05) is 12.1 Å². The van der Waals surface area contributed by atoms with Crippen molar-refractivity contribution in [2.75, 3.05) is 19.6 Å². The zero-order valence-electron chi connectivity index (χ0n) is 18.2. The average Bonchev–Trinajstić information content (AvgIpc) is 3.61. The predicted molar refractivity (Wildman–Crippen MR) is 122 cm³/mol. The van der Waals surface area contributed by atoms with E-state index < -0.39 is 0 Å². The Labute approximate surface area is 192 Å². The number of hydrogen-bond acceptors (Lipinski definition) is 5. The molecule has 3 amide bonds. The van der Waals surface area contributed by atoms with Crippen molar-refractivity contribution in [3.8, 4) is 0 Å². The molecule has 0 bridgehead atoms. The fourth-order valence-electron chi connectivity index (χ4n) is 4.56. The van der Waals surface area contributed by atoms with Crippen molar-refractivity contribution in [3.63, 3.8) is 0 Å². The van der Waals surface area contributed by atoms with Gasteiger partial charge in [-0.1, -0.05) is 24.3 Å². The summed E-state index contributed by atoms with van der Waals surface area (Å²) in [6.45, 7) is 2.62. The van der Waals surface area contributed by atoms with Crippen molar-refractivity contribution in [1.82, 2.24) is 15.1 Å². The molecule has 2 aliphatic rings. The minimum atomic E-state index is -0.289. The minimum Gasteiger partial charge on any atom is -0.468 e. The highest BCUT2D eigenvalue weighted by Gasteiger charge is 2.35. The van der Waals surface area contributed by atoms with Gasteiger partial charge in [0, 0.05) is 12.1 Å². The number of nitrogens with one attached hydrogen (secondary N) is 1. The van der Waals surface area contributed by atoms with E-state index in [9.17, 15) is 14.4 Å². The van der Waals surface area contributed by atoms with Crippen LogP contribution in [0.15, 0.2) is 71.3 Å². The van der Waals surface area contributed by atoms with Crippen molar-refractivity contribution < 1.29 is 18.8 Å². The predicted octanol–water partition coefficient (Wildman–Crippen LogP) is 3.64. The Morgan fingerprint density at radius 1 is 0.909 bits per heavy atom. The zero-order chi connectivity index (χ0) is 22.8. The first-order chi connectivity index (χ1) is 16.1. The smallest absolute Gasteiger partial charge is 0.261 e. The Balaban J connectivity index is 1.22. The maximum Gasteiger partial charge on any atom is 0.261 e. The van der Waals surface area contributed by atoms with Crippen LogP contribution in [0.2, 0.25) is 0 Å². The van der Waals surface area contributed by atoms with Gasteiger partial charge in [-0.05, 0) is 67.9 Å². The molecular formula is C26H25N3O4. The van der Waals surface area contributed by atoms with Crippen LogP contribution in [0.25, 0.3) is 0 Å². The van der Waals surface area contributed by atoms with E-state index in [1.165, 1.54) is 4.90 Å². The summed E-state index contributed by atoms with van der Waals surface area (Å²) in [5.41, 5.74) is 2.18. The third-order valence-corrected chi connectivity index (χ3v) is 6.34. The van der Waals surface area contributed by atoms with Crippen LogP contribution in [0.4, 0.5) is 0 Å².